The second-order valence-corrected chi connectivity index (χ2v) is 14.2. The zero-order valence-corrected chi connectivity index (χ0v) is 17.8. The first-order chi connectivity index (χ1) is 9.87. The average molecular weight is 411 g/mol. The predicted molar refractivity (Wildman–Crippen MR) is 93.3 cm³/mol. The van der Waals surface area contributed by atoms with Gasteiger partial charge in [-0.1, -0.05) is 0 Å². The molecule has 0 atom stereocenters. The van der Waals surface area contributed by atoms with E-state index in [1.54, 1.807) is 6.20 Å². The number of nitrogens with one attached hydrogen (secondary N) is 1. The molecule has 0 bridgehead atoms. The van der Waals surface area contributed by atoms with Gasteiger partial charge in [-0.25, -0.2) is 0 Å². The van der Waals surface area contributed by atoms with E-state index in [2.05, 4.69) is 44.9 Å². The van der Waals surface area contributed by atoms with Gasteiger partial charge < -0.3 is 0 Å². The number of anilines is 1. The number of aromatic nitrogens is 1. The molecular formula is C17H28N2O2Sn. The molecule has 5 heteroatoms. The van der Waals surface area contributed by atoms with Crippen LogP contribution in [0.15, 0.2) is 12.3 Å². The van der Waals surface area contributed by atoms with Gasteiger partial charge in [0.1, 0.15) is 0 Å². The first-order valence-corrected chi connectivity index (χ1v) is 10.5. The van der Waals surface area contributed by atoms with Crippen molar-refractivity contribution in [2.45, 2.75) is 70.5 Å². The second kappa shape index (κ2) is 7.19. The van der Waals surface area contributed by atoms with E-state index in [4.69, 9.17) is 4.74 Å². The molecule has 2 radical (unpaired) electrons. The summed E-state index contributed by atoms with van der Waals surface area (Å²) in [4.78, 5) is 16.9. The van der Waals surface area contributed by atoms with Crippen molar-refractivity contribution in [3.8, 4) is 0 Å². The molecule has 0 aromatic carbocycles. The molecule has 0 aliphatic carbocycles. The Labute approximate surface area is 144 Å². The van der Waals surface area contributed by atoms with Crippen LogP contribution in [-0.4, -0.2) is 43.7 Å². The maximum absolute atomic E-state index is 12.4. The molecular weight excluding hydrogens is 383 g/mol. The van der Waals surface area contributed by atoms with E-state index in [9.17, 15) is 4.79 Å². The molecule has 0 spiro atoms. The topological polar surface area (TPSA) is 51.2 Å². The number of carbonyl (C=O) groups excluding carboxylic acids is 1. The predicted octanol–water partition coefficient (Wildman–Crippen LogP) is 3.41. The van der Waals surface area contributed by atoms with Gasteiger partial charge >= 0.3 is 145 Å². The molecule has 1 aromatic heterocycles. The van der Waals surface area contributed by atoms with E-state index < -0.39 is 26.7 Å². The van der Waals surface area contributed by atoms with Gasteiger partial charge in [-0.2, -0.15) is 0 Å². The van der Waals surface area contributed by atoms with Crippen LogP contribution < -0.4 is 9.03 Å². The molecule has 4 nitrogen and oxygen atoms in total. The van der Waals surface area contributed by atoms with E-state index >= 15 is 0 Å². The molecule has 1 heterocycles. The van der Waals surface area contributed by atoms with E-state index in [1.807, 2.05) is 26.8 Å². The number of carbonyl (C=O) groups is 1. The summed E-state index contributed by atoms with van der Waals surface area (Å²) < 4.78 is 6.95. The first-order valence-electron chi connectivity index (χ1n) is 7.65. The first kappa shape index (κ1) is 19.3. The second-order valence-electron chi connectivity index (χ2n) is 7.79. The molecule has 22 heavy (non-hydrogen) atoms. The van der Waals surface area contributed by atoms with Crippen LogP contribution in [0.3, 0.4) is 0 Å². The van der Waals surface area contributed by atoms with E-state index in [0.717, 1.165) is 9.40 Å². The Bertz CT molecular complexity index is 528. The number of rotatable bonds is 4. The fraction of sp³-hybridized carbons (Fsp3) is 0.647. The molecule has 1 rings (SSSR count). The van der Waals surface area contributed by atoms with Crippen molar-refractivity contribution in [3.63, 3.8) is 0 Å². The van der Waals surface area contributed by atoms with Gasteiger partial charge in [0, 0.05) is 0 Å². The Morgan fingerprint density at radius 1 is 1.23 bits per heavy atom. The summed E-state index contributed by atoms with van der Waals surface area (Å²) in [6.07, 6.45) is 1.67. The van der Waals surface area contributed by atoms with Crippen molar-refractivity contribution >= 4 is 36.5 Å². The van der Waals surface area contributed by atoms with E-state index in [1.165, 1.54) is 0 Å². The standard InChI is InChI=1S/C13H19N2O2.C4H9.Sn/c1-9(2)15-11-6-7-14-8-10(11)12(16)17-13(3,4)5;1-4(2)3;/h6,8-9H,1-5H3,(H,14,15);1-3H3;. The number of ether oxygens (including phenoxy) is 1. The number of hydrogen-bond acceptors (Lipinski definition) is 4. The average Bonchev–Trinajstić information content (AvgIpc) is 2.22. The summed E-state index contributed by atoms with van der Waals surface area (Å²) >= 11 is -0.811. The van der Waals surface area contributed by atoms with Crippen LogP contribution in [-0.2, 0) is 4.74 Å². The van der Waals surface area contributed by atoms with Crippen LogP contribution in [0.4, 0.5) is 5.69 Å². The van der Waals surface area contributed by atoms with Crippen molar-refractivity contribution in [3.05, 3.63) is 17.8 Å². The summed E-state index contributed by atoms with van der Waals surface area (Å²) in [5.74, 6) is -0.323. The minimum absolute atomic E-state index is 0.247. The van der Waals surface area contributed by atoms with E-state index in [0.29, 0.717) is 8.99 Å². The summed E-state index contributed by atoms with van der Waals surface area (Å²) in [7, 11) is 0. The molecule has 0 saturated carbocycles. The molecule has 1 N–H and O–H groups in total. The number of pyridine rings is 1. The Morgan fingerprint density at radius 2 is 1.82 bits per heavy atom. The van der Waals surface area contributed by atoms with Crippen LogP contribution in [0, 0.1) is 0 Å². The van der Waals surface area contributed by atoms with Gasteiger partial charge in [0.25, 0.3) is 0 Å². The van der Waals surface area contributed by atoms with Crippen LogP contribution in [0.1, 0.15) is 65.7 Å². The Balaban J connectivity index is 3.13. The third-order valence-electron chi connectivity index (χ3n) is 2.47. The minimum atomic E-state index is -0.811. The molecule has 0 unspecified atom stereocenters. The zero-order valence-electron chi connectivity index (χ0n) is 15.0. The molecule has 0 aliphatic heterocycles. The summed E-state index contributed by atoms with van der Waals surface area (Å²) in [5.41, 5.74) is 0.840. The zero-order chi connectivity index (χ0) is 17.1. The van der Waals surface area contributed by atoms with Gasteiger partial charge in [0.05, 0.1) is 0 Å². The molecule has 0 amide bonds. The Hall–Kier alpha value is -0.781. The third-order valence-corrected chi connectivity index (χ3v) is 6.12. The van der Waals surface area contributed by atoms with Gasteiger partial charge in [0.2, 0.25) is 0 Å². The van der Waals surface area contributed by atoms with Crippen LogP contribution in [0.25, 0.3) is 0 Å². The summed E-state index contributed by atoms with van der Waals surface area (Å²) in [5, 5.41) is 3.35. The number of nitrogens with zero attached hydrogens (tertiary/aromatic N) is 1. The number of esters is 1. The van der Waals surface area contributed by atoms with Crippen molar-refractivity contribution in [1.82, 2.24) is 4.98 Å². The van der Waals surface area contributed by atoms with Crippen molar-refractivity contribution in [1.29, 1.82) is 0 Å². The van der Waals surface area contributed by atoms with Gasteiger partial charge in [-0.3, -0.25) is 0 Å². The fourth-order valence-electron chi connectivity index (χ4n) is 1.83. The summed E-state index contributed by atoms with van der Waals surface area (Å²) in [6.45, 7) is 16.5. The van der Waals surface area contributed by atoms with Gasteiger partial charge in [-0.05, 0) is 0 Å². The third kappa shape index (κ3) is 6.99. The normalized spacial score (nSPS) is 12.4. The molecule has 122 valence electrons. The summed E-state index contributed by atoms with van der Waals surface area (Å²) in [6, 6.07) is 2.29. The van der Waals surface area contributed by atoms with Crippen molar-refractivity contribution in [2.24, 2.45) is 0 Å². The van der Waals surface area contributed by atoms with Crippen molar-refractivity contribution < 1.29 is 9.53 Å². The van der Waals surface area contributed by atoms with Crippen LogP contribution in [0.5, 0.6) is 0 Å². The molecule has 1 aromatic rings. The monoisotopic (exact) mass is 412 g/mol. The van der Waals surface area contributed by atoms with Crippen LogP contribution in [0.2, 0.25) is 3.43 Å². The SMILES string of the molecule is CC(C)Nc1c[c]([Sn][C](C)(C)C)ncc1C(=O)OC(C)(C)C. The Kier molecular flexibility index (Phi) is 6.30. The van der Waals surface area contributed by atoms with E-state index in [-0.39, 0.29) is 12.0 Å². The van der Waals surface area contributed by atoms with Crippen molar-refractivity contribution in [2.75, 3.05) is 5.32 Å². The Morgan fingerprint density at radius 3 is 2.27 bits per heavy atom. The number of hydrogen-bond donors (Lipinski definition) is 1. The fourth-order valence-corrected chi connectivity index (χ4v) is 5.01. The van der Waals surface area contributed by atoms with Gasteiger partial charge in [0.15, 0.2) is 0 Å². The van der Waals surface area contributed by atoms with Gasteiger partial charge in [-0.15, -0.1) is 0 Å². The maximum atomic E-state index is 12.4. The molecule has 0 aliphatic rings. The molecule has 0 saturated heterocycles. The van der Waals surface area contributed by atoms with Crippen LogP contribution >= 0.6 is 0 Å². The quantitative estimate of drug-likeness (QED) is 0.610. The molecule has 0 fully saturated rings.